The van der Waals surface area contributed by atoms with E-state index in [4.69, 9.17) is 19.2 Å². The predicted molar refractivity (Wildman–Crippen MR) is 23.6 cm³/mol. The van der Waals surface area contributed by atoms with Gasteiger partial charge in [-0.3, -0.25) is 4.57 Å². The van der Waals surface area contributed by atoms with Crippen molar-refractivity contribution in [2.45, 2.75) is 0 Å². The molecule has 8 heavy (non-hydrogen) atoms. The van der Waals surface area contributed by atoms with Crippen LogP contribution in [-0.4, -0.2) is 38.3 Å². The first-order valence-electron chi connectivity index (χ1n) is 0.765. The average Bonchev–Trinajstić information content (AvgIpc) is 0.722. The van der Waals surface area contributed by atoms with Crippen LogP contribution in [0.25, 0.3) is 0 Å². The normalized spacial score (nSPS) is 7.38. The summed E-state index contributed by atoms with van der Waals surface area (Å²) in [6.45, 7) is 0. The molecule has 44 valence electrons. The van der Waals surface area contributed by atoms with Gasteiger partial charge in [0.05, 0.1) is 0 Å². The molecule has 0 heterocycles. The van der Waals surface area contributed by atoms with Gasteiger partial charge in [-0.25, -0.2) is 0 Å². The third-order valence-corrected chi connectivity index (χ3v) is 0. The molecule has 0 fully saturated rings. The first-order chi connectivity index (χ1) is 2.00. The third kappa shape index (κ3) is 77.4. The van der Waals surface area contributed by atoms with E-state index in [-0.39, 0.29) is 82.8 Å². The first-order valence-corrected chi connectivity index (χ1v) is 2.30. The van der Waals surface area contributed by atoms with Crippen molar-refractivity contribution in [3.8, 4) is 0 Å². The van der Waals surface area contributed by atoms with Gasteiger partial charge in [0.25, 0.3) is 7.82 Å². The maximum atomic E-state index is 8.77. The summed E-state index contributed by atoms with van der Waals surface area (Å²) >= 11 is 0. The molecular weight excluding hydrogens is 174 g/mol. The SMILES string of the molecule is O.O=P([O-])(O)O.[H-].[H-].[K+].[Mg+2]. The number of hydrogen-bond acceptors (Lipinski definition) is 2. The van der Waals surface area contributed by atoms with Crippen LogP contribution in [0.5, 0.6) is 0 Å². The molecule has 0 aliphatic heterocycles. The van der Waals surface area contributed by atoms with Crippen molar-refractivity contribution in [1.29, 1.82) is 0 Å². The molecule has 0 bridgehead atoms. The fourth-order valence-corrected chi connectivity index (χ4v) is 0. The number of phosphoric acid groups is 1. The Morgan fingerprint density at radius 1 is 1.50 bits per heavy atom. The van der Waals surface area contributed by atoms with Gasteiger partial charge < -0.3 is 23.0 Å². The summed E-state index contributed by atoms with van der Waals surface area (Å²) in [5, 5.41) is 0. The zero-order valence-electron chi connectivity index (χ0n) is 6.37. The van der Waals surface area contributed by atoms with Gasteiger partial charge in [0.1, 0.15) is 0 Å². The summed E-state index contributed by atoms with van der Waals surface area (Å²) in [6, 6.07) is 0. The second kappa shape index (κ2) is 9.47. The van der Waals surface area contributed by atoms with E-state index in [0.29, 0.717) is 0 Å². The van der Waals surface area contributed by atoms with Gasteiger partial charge in [0.15, 0.2) is 0 Å². The zero-order valence-corrected chi connectivity index (χ0v) is 9.80. The monoisotopic (exact) mass is 180 g/mol. The summed E-state index contributed by atoms with van der Waals surface area (Å²) in [4.78, 5) is 22.9. The smallest absolute Gasteiger partial charge is 1.00 e. The van der Waals surface area contributed by atoms with E-state index in [1.807, 2.05) is 0 Å². The Labute approximate surface area is 108 Å². The van der Waals surface area contributed by atoms with Crippen LogP contribution in [0.1, 0.15) is 2.85 Å². The first kappa shape index (κ1) is 22.4. The third-order valence-electron chi connectivity index (χ3n) is 0. The van der Waals surface area contributed by atoms with Gasteiger partial charge in [0, 0.05) is 0 Å². The topological polar surface area (TPSA) is 112 Å². The fraction of sp³-hybridized carbons (Fsp3) is 0. The molecule has 0 aromatic rings. The van der Waals surface area contributed by atoms with E-state index in [1.165, 1.54) is 0 Å². The van der Waals surface area contributed by atoms with Crippen LogP contribution in [0.3, 0.4) is 0 Å². The van der Waals surface area contributed by atoms with E-state index in [1.54, 1.807) is 0 Å². The Morgan fingerprint density at radius 3 is 1.50 bits per heavy atom. The molecule has 0 aromatic carbocycles. The van der Waals surface area contributed by atoms with Crippen molar-refractivity contribution in [2.75, 3.05) is 0 Å². The molecule has 5 nitrogen and oxygen atoms in total. The minimum absolute atomic E-state index is 0. The number of rotatable bonds is 0. The Kier molecular flexibility index (Phi) is 26.6. The van der Waals surface area contributed by atoms with Gasteiger partial charge in [-0.2, -0.15) is 0 Å². The molecule has 0 aromatic heterocycles. The molecular formula is H6KMgO5P. The summed E-state index contributed by atoms with van der Waals surface area (Å²) in [5.41, 5.74) is 0. The summed E-state index contributed by atoms with van der Waals surface area (Å²) < 4.78 is 8.77. The van der Waals surface area contributed by atoms with E-state index >= 15 is 0 Å². The molecule has 0 radical (unpaired) electrons. The number of hydrogen-bond donors (Lipinski definition) is 2. The summed E-state index contributed by atoms with van der Waals surface area (Å²) in [7, 11) is -4.89. The van der Waals surface area contributed by atoms with E-state index in [2.05, 4.69) is 0 Å². The fourth-order valence-electron chi connectivity index (χ4n) is 0. The minimum Gasteiger partial charge on any atom is -1.00 e. The van der Waals surface area contributed by atoms with Crippen molar-refractivity contribution in [1.82, 2.24) is 0 Å². The van der Waals surface area contributed by atoms with Crippen molar-refractivity contribution >= 4 is 30.9 Å². The van der Waals surface area contributed by atoms with Crippen molar-refractivity contribution in [3.63, 3.8) is 0 Å². The largest absolute Gasteiger partial charge is 2.00 e. The van der Waals surface area contributed by atoms with Gasteiger partial charge in [-0.05, 0) is 0 Å². The van der Waals surface area contributed by atoms with Crippen LogP contribution in [0.2, 0.25) is 0 Å². The summed E-state index contributed by atoms with van der Waals surface area (Å²) in [6.07, 6.45) is 0. The molecule has 0 atom stereocenters. The maximum absolute atomic E-state index is 8.77. The average molecular weight is 180 g/mol. The van der Waals surface area contributed by atoms with Crippen LogP contribution in [0, 0.1) is 0 Å². The Bertz CT molecular complexity index is 65.8. The van der Waals surface area contributed by atoms with E-state index < -0.39 is 7.82 Å². The summed E-state index contributed by atoms with van der Waals surface area (Å²) in [5.74, 6) is 0. The quantitative estimate of drug-likeness (QED) is 0.286. The second-order valence-corrected chi connectivity index (χ2v) is 1.47. The predicted octanol–water partition coefficient (Wildman–Crippen LogP) is -5.54. The molecule has 0 rings (SSSR count). The van der Waals surface area contributed by atoms with E-state index in [9.17, 15) is 0 Å². The molecule has 0 saturated carbocycles. The Balaban J connectivity index is -0.00000000800. The zero-order chi connectivity index (χ0) is 4.50. The molecule has 8 heteroatoms. The van der Waals surface area contributed by atoms with Crippen molar-refractivity contribution in [2.24, 2.45) is 0 Å². The van der Waals surface area contributed by atoms with Gasteiger partial charge in [-0.15, -0.1) is 0 Å². The van der Waals surface area contributed by atoms with Crippen LogP contribution in [0.4, 0.5) is 0 Å². The molecule has 0 amide bonds. The van der Waals surface area contributed by atoms with Crippen LogP contribution in [0.15, 0.2) is 0 Å². The van der Waals surface area contributed by atoms with Crippen LogP contribution >= 0.6 is 7.82 Å². The molecule has 0 aliphatic carbocycles. The minimum atomic E-state index is -4.89. The van der Waals surface area contributed by atoms with Crippen molar-refractivity contribution in [3.05, 3.63) is 0 Å². The molecule has 0 aliphatic rings. The van der Waals surface area contributed by atoms with Crippen LogP contribution < -0.4 is 56.3 Å². The standard InChI is InChI=1S/K.Mg.H3O4P.H2O.2H/c;;1-5(2,3)4;;;/h;;(H3,1,2,3,4);1H2;;/q+1;+2;;;2*-1/p-1. The van der Waals surface area contributed by atoms with Gasteiger partial charge >= 0.3 is 74.4 Å². The molecule has 4 N–H and O–H groups in total. The Morgan fingerprint density at radius 2 is 1.50 bits per heavy atom. The van der Waals surface area contributed by atoms with Gasteiger partial charge in [-0.1, -0.05) is 0 Å². The Hall–Kier alpha value is 2.47. The van der Waals surface area contributed by atoms with E-state index in [0.717, 1.165) is 0 Å². The molecule has 0 saturated heterocycles. The van der Waals surface area contributed by atoms with Crippen molar-refractivity contribution < 1.29 is 79.0 Å². The second-order valence-electron chi connectivity index (χ2n) is 0.491. The maximum Gasteiger partial charge on any atom is 2.00 e. The molecule has 0 spiro atoms. The molecule has 0 unspecified atom stereocenters. The van der Waals surface area contributed by atoms with Crippen LogP contribution in [-0.2, 0) is 4.57 Å². The van der Waals surface area contributed by atoms with Gasteiger partial charge in [0.2, 0.25) is 0 Å².